The van der Waals surface area contributed by atoms with Gasteiger partial charge in [0.25, 0.3) is 0 Å². The van der Waals surface area contributed by atoms with Crippen molar-refractivity contribution < 1.29 is 13.9 Å². The zero-order valence-corrected chi connectivity index (χ0v) is 11.8. The Hall–Kier alpha value is -1.72. The highest BCUT2D eigenvalue weighted by atomic mass is 19.1. The normalized spacial score (nSPS) is 19.2. The lowest BCUT2D eigenvalue weighted by Crippen LogP contribution is -2.20. The van der Waals surface area contributed by atoms with Gasteiger partial charge >= 0.3 is 0 Å². The number of aromatic nitrogens is 1. The third kappa shape index (κ3) is 3.49. The summed E-state index contributed by atoms with van der Waals surface area (Å²) >= 11 is 0. The third-order valence-electron chi connectivity index (χ3n) is 3.95. The number of benzene rings is 1. The van der Waals surface area contributed by atoms with Gasteiger partial charge < -0.3 is 9.52 Å². The Balaban J connectivity index is 1.62. The predicted molar refractivity (Wildman–Crippen MR) is 77.0 cm³/mol. The Labute approximate surface area is 123 Å². The van der Waals surface area contributed by atoms with Crippen molar-refractivity contribution in [1.29, 1.82) is 0 Å². The number of rotatable bonds is 5. The van der Waals surface area contributed by atoms with E-state index in [-0.39, 0.29) is 12.4 Å². The fraction of sp³-hybridized carbons (Fsp3) is 0.438. The van der Waals surface area contributed by atoms with Gasteiger partial charge in [-0.2, -0.15) is 0 Å². The molecule has 112 valence electrons. The van der Waals surface area contributed by atoms with E-state index in [4.69, 9.17) is 9.52 Å². The number of likely N-dealkylation sites (tertiary alicyclic amines) is 1. The average Bonchev–Trinajstić information content (AvgIpc) is 3.11. The molecule has 0 aliphatic carbocycles. The van der Waals surface area contributed by atoms with E-state index >= 15 is 0 Å². The minimum absolute atomic E-state index is 0.256. The Morgan fingerprint density at radius 1 is 1.33 bits per heavy atom. The molecule has 1 aromatic carbocycles. The van der Waals surface area contributed by atoms with Crippen molar-refractivity contribution in [2.24, 2.45) is 5.92 Å². The number of aliphatic hydroxyl groups excluding tert-OH is 1. The van der Waals surface area contributed by atoms with Crippen LogP contribution in [0.2, 0.25) is 0 Å². The zero-order chi connectivity index (χ0) is 14.7. The molecule has 0 amide bonds. The van der Waals surface area contributed by atoms with Gasteiger partial charge in [-0.05, 0) is 49.6 Å². The van der Waals surface area contributed by atoms with Gasteiger partial charge in [0.05, 0.1) is 12.7 Å². The largest absolute Gasteiger partial charge is 0.439 e. The molecule has 1 fully saturated rings. The van der Waals surface area contributed by atoms with Gasteiger partial charge in [-0.15, -0.1) is 0 Å². The molecule has 4 nitrogen and oxygen atoms in total. The summed E-state index contributed by atoms with van der Waals surface area (Å²) in [5.74, 6) is 1.65. The van der Waals surface area contributed by atoms with Crippen LogP contribution in [0.4, 0.5) is 4.39 Å². The summed E-state index contributed by atoms with van der Waals surface area (Å²) in [6.07, 6.45) is 3.67. The second-order valence-corrected chi connectivity index (χ2v) is 5.53. The molecule has 1 unspecified atom stereocenters. The standard InChI is InChI=1S/C16H19FN2O2/c17-14-3-1-13(2-4-14)15-9-18-16(21-15)11-19-7-5-12(10-19)6-8-20/h1-4,9,12,20H,5-8,10-11H2. The Bertz CT molecular complexity index is 582. The molecule has 1 aliphatic heterocycles. The van der Waals surface area contributed by atoms with E-state index in [9.17, 15) is 4.39 Å². The molecule has 0 bridgehead atoms. The molecule has 1 atom stereocenters. The van der Waals surface area contributed by atoms with Gasteiger partial charge in [0.1, 0.15) is 5.82 Å². The Kier molecular flexibility index (Phi) is 4.31. The van der Waals surface area contributed by atoms with Crippen LogP contribution in [0.25, 0.3) is 11.3 Å². The lowest BCUT2D eigenvalue weighted by atomic mass is 10.1. The van der Waals surface area contributed by atoms with Crippen LogP contribution >= 0.6 is 0 Å². The van der Waals surface area contributed by atoms with Crippen LogP contribution in [0.15, 0.2) is 34.9 Å². The van der Waals surface area contributed by atoms with Crippen molar-refractivity contribution >= 4 is 0 Å². The zero-order valence-electron chi connectivity index (χ0n) is 11.8. The third-order valence-corrected chi connectivity index (χ3v) is 3.95. The summed E-state index contributed by atoms with van der Waals surface area (Å²) in [6.45, 7) is 2.93. The second-order valence-electron chi connectivity index (χ2n) is 5.53. The monoisotopic (exact) mass is 290 g/mol. The highest BCUT2D eigenvalue weighted by molar-refractivity contribution is 5.55. The first-order valence-corrected chi connectivity index (χ1v) is 7.28. The molecule has 5 heteroatoms. The summed E-state index contributed by atoms with van der Waals surface area (Å²) in [5.41, 5.74) is 0.828. The molecule has 0 radical (unpaired) electrons. The van der Waals surface area contributed by atoms with E-state index < -0.39 is 0 Å². The molecular weight excluding hydrogens is 271 g/mol. The van der Waals surface area contributed by atoms with Crippen molar-refractivity contribution in [2.45, 2.75) is 19.4 Å². The van der Waals surface area contributed by atoms with Gasteiger partial charge in [0.2, 0.25) is 5.89 Å². The highest BCUT2D eigenvalue weighted by Crippen LogP contribution is 2.24. The fourth-order valence-electron chi connectivity index (χ4n) is 2.80. The van der Waals surface area contributed by atoms with Gasteiger partial charge in [0.15, 0.2) is 5.76 Å². The van der Waals surface area contributed by atoms with Crippen LogP contribution < -0.4 is 0 Å². The van der Waals surface area contributed by atoms with E-state index in [1.54, 1.807) is 18.3 Å². The van der Waals surface area contributed by atoms with E-state index in [0.717, 1.165) is 31.5 Å². The number of halogens is 1. The molecule has 1 N–H and O–H groups in total. The smallest absolute Gasteiger partial charge is 0.209 e. The first-order chi connectivity index (χ1) is 10.2. The quantitative estimate of drug-likeness (QED) is 0.920. The van der Waals surface area contributed by atoms with Crippen LogP contribution in [0.3, 0.4) is 0 Å². The van der Waals surface area contributed by atoms with E-state index in [1.807, 2.05) is 0 Å². The van der Waals surface area contributed by atoms with Gasteiger partial charge in [-0.25, -0.2) is 9.37 Å². The lowest BCUT2D eigenvalue weighted by Gasteiger charge is -2.13. The van der Waals surface area contributed by atoms with Gasteiger partial charge in [-0.3, -0.25) is 4.90 Å². The average molecular weight is 290 g/mol. The molecule has 0 spiro atoms. The van der Waals surface area contributed by atoms with E-state index in [0.29, 0.717) is 24.1 Å². The number of hydrogen-bond acceptors (Lipinski definition) is 4. The summed E-state index contributed by atoms with van der Waals surface area (Å²) in [4.78, 5) is 6.59. The van der Waals surface area contributed by atoms with E-state index in [1.165, 1.54) is 12.1 Å². The van der Waals surface area contributed by atoms with Gasteiger partial charge in [-0.1, -0.05) is 0 Å². The highest BCUT2D eigenvalue weighted by Gasteiger charge is 2.23. The summed E-state index contributed by atoms with van der Waals surface area (Å²) in [7, 11) is 0. The fourth-order valence-corrected chi connectivity index (χ4v) is 2.80. The summed E-state index contributed by atoms with van der Waals surface area (Å²) < 4.78 is 18.6. The number of oxazole rings is 1. The summed E-state index contributed by atoms with van der Waals surface area (Å²) in [6, 6.07) is 6.20. The van der Waals surface area contributed by atoms with Crippen molar-refractivity contribution in [2.75, 3.05) is 19.7 Å². The molecule has 0 saturated carbocycles. The van der Waals surface area contributed by atoms with Gasteiger partial charge in [0, 0.05) is 18.7 Å². The Morgan fingerprint density at radius 3 is 2.90 bits per heavy atom. The van der Waals surface area contributed by atoms with Crippen molar-refractivity contribution in [3.8, 4) is 11.3 Å². The first-order valence-electron chi connectivity index (χ1n) is 7.28. The van der Waals surface area contributed by atoms with Crippen LogP contribution in [0.1, 0.15) is 18.7 Å². The molecule has 21 heavy (non-hydrogen) atoms. The van der Waals surface area contributed by atoms with Crippen LogP contribution in [0, 0.1) is 11.7 Å². The molecule has 1 saturated heterocycles. The van der Waals surface area contributed by atoms with Crippen LogP contribution in [0.5, 0.6) is 0 Å². The molecule has 2 heterocycles. The maximum absolute atomic E-state index is 12.9. The van der Waals surface area contributed by atoms with Crippen molar-refractivity contribution in [1.82, 2.24) is 9.88 Å². The van der Waals surface area contributed by atoms with Crippen molar-refractivity contribution in [3.05, 3.63) is 42.2 Å². The molecule has 2 aromatic rings. The minimum Gasteiger partial charge on any atom is -0.439 e. The van der Waals surface area contributed by atoms with Crippen LogP contribution in [-0.2, 0) is 6.54 Å². The van der Waals surface area contributed by atoms with Crippen molar-refractivity contribution in [3.63, 3.8) is 0 Å². The number of hydrogen-bond donors (Lipinski definition) is 1. The maximum atomic E-state index is 12.9. The second kappa shape index (κ2) is 6.37. The number of aliphatic hydroxyl groups is 1. The molecule has 1 aliphatic rings. The minimum atomic E-state index is -0.259. The predicted octanol–water partition coefficient (Wildman–Crippen LogP) is 2.69. The lowest BCUT2D eigenvalue weighted by molar-refractivity contribution is 0.243. The van der Waals surface area contributed by atoms with E-state index in [2.05, 4.69) is 9.88 Å². The molecular formula is C16H19FN2O2. The topological polar surface area (TPSA) is 49.5 Å². The Morgan fingerprint density at radius 2 is 2.14 bits per heavy atom. The molecule has 3 rings (SSSR count). The molecule has 1 aromatic heterocycles. The first kappa shape index (κ1) is 14.2. The summed E-state index contributed by atoms with van der Waals surface area (Å²) in [5, 5.41) is 8.98. The maximum Gasteiger partial charge on any atom is 0.209 e. The van der Waals surface area contributed by atoms with Crippen LogP contribution in [-0.4, -0.2) is 34.7 Å². The number of nitrogens with zero attached hydrogens (tertiary/aromatic N) is 2. The SMILES string of the molecule is OCCC1CCN(Cc2ncc(-c3ccc(F)cc3)o2)C1.